The summed E-state index contributed by atoms with van der Waals surface area (Å²) in [5, 5.41) is 36.2. The van der Waals surface area contributed by atoms with Gasteiger partial charge in [0, 0.05) is 50.4 Å². The first-order valence-electron chi connectivity index (χ1n) is 13.9. The Bertz CT molecular complexity index is 1280. The lowest BCUT2D eigenvalue weighted by molar-refractivity contribution is -0.112. The zero-order valence-electron chi connectivity index (χ0n) is 25.1. The summed E-state index contributed by atoms with van der Waals surface area (Å²) in [6.07, 6.45) is 5.30. The van der Waals surface area contributed by atoms with Crippen molar-refractivity contribution in [3.63, 3.8) is 0 Å². The number of aliphatic hydroxyl groups is 1. The number of aliphatic hydroxyl groups excluding tert-OH is 1. The fourth-order valence-electron chi connectivity index (χ4n) is 5.14. The molecule has 11 nitrogen and oxygen atoms in total. The Hall–Kier alpha value is -3.80. The topological polar surface area (TPSA) is 164 Å². The smallest absolute Gasteiger partial charge is 0.405 e. The number of carbonyl (C=O) groups is 2. The maximum absolute atomic E-state index is 13.0. The number of hydrogen-bond donors (Lipinski definition) is 5. The van der Waals surface area contributed by atoms with Crippen LogP contribution in [0.1, 0.15) is 46.1 Å². The molecule has 1 aromatic rings. The van der Waals surface area contributed by atoms with Crippen LogP contribution in [0.4, 0.5) is 16.2 Å². The number of primary amides is 1. The van der Waals surface area contributed by atoms with Crippen LogP contribution in [-0.2, 0) is 19.0 Å². The van der Waals surface area contributed by atoms with Crippen LogP contribution in [0, 0.1) is 5.92 Å². The number of phenols is 2. The van der Waals surface area contributed by atoms with Crippen LogP contribution in [-0.4, -0.2) is 79.0 Å². The van der Waals surface area contributed by atoms with E-state index in [1.807, 2.05) is 18.7 Å². The number of methoxy groups -OCH3 is 2. The highest BCUT2D eigenvalue weighted by molar-refractivity contribution is 6.05. The van der Waals surface area contributed by atoms with Crippen molar-refractivity contribution < 1.29 is 39.1 Å². The number of hydrogen-bond acceptors (Lipinski definition) is 9. The van der Waals surface area contributed by atoms with Crippen molar-refractivity contribution in [1.29, 1.82) is 0 Å². The van der Waals surface area contributed by atoms with Crippen molar-refractivity contribution in [2.75, 3.05) is 37.5 Å². The molecule has 0 aromatic heterocycles. The highest BCUT2D eigenvalue weighted by Crippen LogP contribution is 2.45. The van der Waals surface area contributed by atoms with Gasteiger partial charge in [0.25, 0.3) is 5.91 Å². The van der Waals surface area contributed by atoms with Gasteiger partial charge in [-0.2, -0.15) is 0 Å². The van der Waals surface area contributed by atoms with Crippen molar-refractivity contribution in [2.24, 2.45) is 11.7 Å². The normalized spacial score (nSPS) is 29.2. The number of nitrogens with one attached hydrogen (secondary N) is 1. The van der Waals surface area contributed by atoms with Crippen molar-refractivity contribution in [1.82, 2.24) is 0 Å². The molecule has 2 bridgehead atoms. The Kier molecular flexibility index (Phi) is 11.2. The van der Waals surface area contributed by atoms with Crippen molar-refractivity contribution in [2.45, 2.75) is 65.0 Å². The number of aromatic hydroxyl groups is 2. The minimum absolute atomic E-state index is 0.0527. The third-order valence-electron chi connectivity index (χ3n) is 7.64. The molecule has 6 N–H and O–H groups in total. The van der Waals surface area contributed by atoms with E-state index in [1.165, 1.54) is 20.3 Å². The Labute approximate surface area is 246 Å². The van der Waals surface area contributed by atoms with Gasteiger partial charge in [-0.05, 0) is 45.3 Å². The van der Waals surface area contributed by atoms with Crippen molar-refractivity contribution >= 4 is 29.5 Å². The molecule has 1 fully saturated rings. The van der Waals surface area contributed by atoms with E-state index in [-0.39, 0.29) is 17.2 Å². The molecule has 0 saturated carbocycles. The highest BCUT2D eigenvalue weighted by Gasteiger charge is 2.30. The third kappa shape index (κ3) is 7.72. The number of amides is 2. The molecule has 2 aliphatic rings. The molecule has 3 rings (SSSR count). The van der Waals surface area contributed by atoms with Crippen LogP contribution in [0.3, 0.4) is 0 Å². The van der Waals surface area contributed by atoms with Gasteiger partial charge in [0.05, 0.1) is 23.6 Å². The molecule has 0 spiro atoms. The number of anilines is 2. The van der Waals surface area contributed by atoms with E-state index in [4.69, 9.17) is 19.9 Å². The molecule has 11 heteroatoms. The number of ether oxygens (including phenoxy) is 3. The monoisotopic (exact) mass is 585 g/mol. The lowest BCUT2D eigenvalue weighted by Gasteiger charge is -2.35. The average Bonchev–Trinajstić information content (AvgIpc) is 2.90. The predicted octanol–water partition coefficient (Wildman–Crippen LogP) is 3.99. The van der Waals surface area contributed by atoms with Gasteiger partial charge in [-0.3, -0.25) is 4.79 Å². The Balaban J connectivity index is 2.16. The second-order valence-electron chi connectivity index (χ2n) is 10.9. The summed E-state index contributed by atoms with van der Waals surface area (Å²) in [5.41, 5.74) is 7.92. The number of benzene rings is 1. The van der Waals surface area contributed by atoms with Crippen molar-refractivity contribution in [3.8, 4) is 11.5 Å². The number of nitrogens with two attached hydrogens (primary N) is 1. The lowest BCUT2D eigenvalue weighted by atomic mass is 9.91. The molecule has 0 aliphatic carbocycles. The Morgan fingerprint density at radius 3 is 2.40 bits per heavy atom. The molecular weight excluding hydrogens is 542 g/mol. The Morgan fingerprint density at radius 2 is 1.83 bits per heavy atom. The number of carbonyl (C=O) groups excluding carboxylic acids is 2. The molecule has 2 aliphatic heterocycles. The fraction of sp³-hybridized carbons (Fsp3) is 0.484. The lowest BCUT2D eigenvalue weighted by Crippen LogP contribution is -2.37. The number of rotatable bonds is 4. The number of fused-ring (bicyclic) bond motifs is 2. The molecule has 0 radical (unpaired) electrons. The van der Waals surface area contributed by atoms with Crippen LogP contribution in [0.2, 0.25) is 0 Å². The highest BCUT2D eigenvalue weighted by atomic mass is 16.6. The maximum Gasteiger partial charge on any atom is 0.405 e. The first kappa shape index (κ1) is 32.7. The zero-order valence-corrected chi connectivity index (χ0v) is 25.1. The summed E-state index contributed by atoms with van der Waals surface area (Å²) in [7, 11) is 2.95. The van der Waals surface area contributed by atoms with Gasteiger partial charge in [-0.1, -0.05) is 36.8 Å². The standard InChI is InChI=1S/C31H43N3O8/c1-17-13-21-26(34-11-8-12-34)23(35)16-22(28(21)37)33-30(38)18(2)9-7-10-24(40-5)29(42-31(32)39)20(4)15-19(3)27(36)25(14-17)41-6/h7,9-10,13,15-16,19,24-25,27,29,35-37H,8,11-12,14H2,1-6H3,(H2,32,39)(H,33,38)/b10-7-,17-13-,18-9+,20-15?/t19-,24-,25-,27+,29-/m0/s1. The molecule has 2 amide bonds. The van der Waals surface area contributed by atoms with Gasteiger partial charge < -0.3 is 45.5 Å². The van der Waals surface area contributed by atoms with Gasteiger partial charge in [0.1, 0.15) is 17.6 Å². The first-order chi connectivity index (χ1) is 19.9. The van der Waals surface area contributed by atoms with Gasteiger partial charge in [-0.25, -0.2) is 4.79 Å². The number of phenolic OH excluding ortho intramolecular Hbond substituents is 2. The van der Waals surface area contributed by atoms with Crippen LogP contribution in [0.25, 0.3) is 6.08 Å². The summed E-state index contributed by atoms with van der Waals surface area (Å²) >= 11 is 0. The van der Waals surface area contributed by atoms with Gasteiger partial charge in [0.2, 0.25) is 0 Å². The van der Waals surface area contributed by atoms with Crippen LogP contribution >= 0.6 is 0 Å². The van der Waals surface area contributed by atoms with E-state index in [0.29, 0.717) is 28.8 Å². The molecule has 230 valence electrons. The minimum atomic E-state index is -0.987. The quantitative estimate of drug-likeness (QED) is 0.200. The van der Waals surface area contributed by atoms with Crippen molar-refractivity contribution in [3.05, 3.63) is 52.7 Å². The van der Waals surface area contributed by atoms with E-state index in [0.717, 1.165) is 25.1 Å². The second-order valence-corrected chi connectivity index (χ2v) is 10.9. The SMILES string of the molecule is CO[C@H]1/C=C\C=C(/C)C(=O)Nc2cc(O)c(N3CCC3)c(c2O)/C=C(/C)C[C@H](OC)[C@H](O)[C@@H](C)C=C(C)[C@@H]1OC(N)=O. The average molecular weight is 586 g/mol. The van der Waals surface area contributed by atoms with E-state index in [9.17, 15) is 24.9 Å². The summed E-state index contributed by atoms with van der Waals surface area (Å²) in [5.74, 6) is -1.18. The van der Waals surface area contributed by atoms with Gasteiger partial charge in [-0.15, -0.1) is 0 Å². The molecular formula is C31H43N3O8. The maximum atomic E-state index is 13.0. The van der Waals surface area contributed by atoms with Crippen LogP contribution in [0.15, 0.2) is 47.1 Å². The predicted molar refractivity (Wildman–Crippen MR) is 161 cm³/mol. The molecule has 5 atom stereocenters. The molecule has 1 saturated heterocycles. The van der Waals surface area contributed by atoms with Gasteiger partial charge >= 0.3 is 6.09 Å². The summed E-state index contributed by atoms with van der Waals surface area (Å²) in [4.78, 5) is 26.7. The van der Waals surface area contributed by atoms with E-state index < -0.39 is 42.3 Å². The number of allylic oxidation sites excluding steroid dienone is 2. The second kappa shape index (κ2) is 14.4. The third-order valence-corrected chi connectivity index (χ3v) is 7.64. The van der Waals surface area contributed by atoms with Gasteiger partial charge in [0.15, 0.2) is 6.10 Å². The summed E-state index contributed by atoms with van der Waals surface area (Å²) < 4.78 is 16.6. The molecule has 0 unspecified atom stereocenters. The minimum Gasteiger partial charge on any atom is -0.506 e. The number of nitrogens with zero attached hydrogens (tertiary/aromatic N) is 1. The molecule has 1 aromatic carbocycles. The first-order valence-corrected chi connectivity index (χ1v) is 13.9. The molecule has 2 heterocycles. The van der Waals surface area contributed by atoms with Crippen LogP contribution < -0.4 is 16.0 Å². The van der Waals surface area contributed by atoms with E-state index >= 15 is 0 Å². The Morgan fingerprint density at radius 1 is 1.14 bits per heavy atom. The summed E-state index contributed by atoms with van der Waals surface area (Å²) in [6, 6.07) is 1.34. The van der Waals surface area contributed by atoms with E-state index in [2.05, 4.69) is 5.32 Å². The van der Waals surface area contributed by atoms with Crippen LogP contribution in [0.5, 0.6) is 11.5 Å². The molecule has 42 heavy (non-hydrogen) atoms. The fourth-order valence-corrected chi connectivity index (χ4v) is 5.14. The zero-order chi connectivity index (χ0) is 31.1. The van der Waals surface area contributed by atoms with E-state index in [1.54, 1.807) is 44.2 Å². The largest absolute Gasteiger partial charge is 0.506 e. The summed E-state index contributed by atoms with van der Waals surface area (Å²) in [6.45, 7) is 8.44.